The van der Waals surface area contributed by atoms with Gasteiger partial charge in [0.15, 0.2) is 0 Å². The Labute approximate surface area is 123 Å². The van der Waals surface area contributed by atoms with Gasteiger partial charge in [-0.2, -0.15) is 0 Å². The van der Waals surface area contributed by atoms with Gasteiger partial charge in [-0.25, -0.2) is 9.37 Å². The first kappa shape index (κ1) is 13.1. The van der Waals surface area contributed by atoms with Crippen molar-refractivity contribution in [1.29, 1.82) is 0 Å². The van der Waals surface area contributed by atoms with Crippen LogP contribution in [0, 0.1) is 11.7 Å². The molecule has 1 saturated carbocycles. The first-order chi connectivity index (χ1) is 10.3. The van der Waals surface area contributed by atoms with Crippen molar-refractivity contribution in [1.82, 2.24) is 15.3 Å². The third-order valence-electron chi connectivity index (χ3n) is 4.54. The van der Waals surface area contributed by atoms with Gasteiger partial charge in [-0.3, -0.25) is 0 Å². The fourth-order valence-electron chi connectivity index (χ4n) is 3.26. The summed E-state index contributed by atoms with van der Waals surface area (Å²) in [5.74, 6) is 1.38. The number of hydrogen-bond donors (Lipinski definition) is 2. The van der Waals surface area contributed by atoms with Gasteiger partial charge >= 0.3 is 0 Å². The Balaban J connectivity index is 1.59. The fraction of sp³-hybridized carbons (Fsp3) is 0.562. The molecule has 2 aromatic rings. The smallest absolute Gasteiger partial charge is 0.204 e. The van der Waals surface area contributed by atoms with Gasteiger partial charge in [0.05, 0.1) is 11.0 Å². The second-order valence-corrected chi connectivity index (χ2v) is 6.32. The Bertz CT molecular complexity index is 628. The van der Waals surface area contributed by atoms with Gasteiger partial charge in [0.25, 0.3) is 0 Å². The van der Waals surface area contributed by atoms with Crippen LogP contribution in [0.5, 0.6) is 0 Å². The third kappa shape index (κ3) is 2.75. The summed E-state index contributed by atoms with van der Waals surface area (Å²) in [4.78, 5) is 10.4. The maximum absolute atomic E-state index is 13.3. The van der Waals surface area contributed by atoms with Gasteiger partial charge < -0.3 is 15.2 Å². The van der Waals surface area contributed by atoms with Gasteiger partial charge in [-0.1, -0.05) is 0 Å². The number of fused-ring (bicyclic) bond motifs is 1. The maximum atomic E-state index is 13.3. The summed E-state index contributed by atoms with van der Waals surface area (Å²) < 4.78 is 13.3. The van der Waals surface area contributed by atoms with E-state index in [9.17, 15) is 4.39 Å². The molecule has 1 aliphatic heterocycles. The van der Waals surface area contributed by atoms with E-state index in [4.69, 9.17) is 0 Å². The lowest BCUT2D eigenvalue weighted by Gasteiger charge is -2.30. The molecule has 2 fully saturated rings. The SMILES string of the molecule is Fc1ccc2nc(N(CC3CCCNC3)C3CC3)[nH]c2c1. The highest BCUT2D eigenvalue weighted by Crippen LogP contribution is 2.32. The highest BCUT2D eigenvalue weighted by molar-refractivity contribution is 5.77. The van der Waals surface area contributed by atoms with Crippen molar-refractivity contribution in [3.05, 3.63) is 24.0 Å². The highest BCUT2D eigenvalue weighted by atomic mass is 19.1. The second kappa shape index (κ2) is 5.30. The van der Waals surface area contributed by atoms with Crippen LogP contribution < -0.4 is 10.2 Å². The number of H-pyrrole nitrogens is 1. The number of halogens is 1. The topological polar surface area (TPSA) is 44.0 Å². The van der Waals surface area contributed by atoms with E-state index in [0.717, 1.165) is 36.6 Å². The predicted octanol–water partition coefficient (Wildman–Crippen LogP) is 2.67. The Hall–Kier alpha value is -1.62. The minimum absolute atomic E-state index is 0.216. The number of anilines is 1. The first-order valence-electron chi connectivity index (χ1n) is 7.92. The largest absolute Gasteiger partial charge is 0.339 e. The number of hydrogen-bond acceptors (Lipinski definition) is 3. The summed E-state index contributed by atoms with van der Waals surface area (Å²) in [6, 6.07) is 5.36. The van der Waals surface area contributed by atoms with E-state index in [1.165, 1.54) is 37.8 Å². The minimum atomic E-state index is -0.216. The molecule has 1 aromatic carbocycles. The summed E-state index contributed by atoms with van der Waals surface area (Å²) in [5.41, 5.74) is 1.64. The molecule has 1 aliphatic carbocycles. The molecule has 0 amide bonds. The molecule has 2 aliphatic rings. The Morgan fingerprint density at radius 3 is 2.95 bits per heavy atom. The predicted molar refractivity (Wildman–Crippen MR) is 82.0 cm³/mol. The number of imidazole rings is 1. The molecule has 0 spiro atoms. The van der Waals surface area contributed by atoms with Crippen LogP contribution in [0.1, 0.15) is 25.7 Å². The van der Waals surface area contributed by atoms with Crippen molar-refractivity contribution in [3.63, 3.8) is 0 Å². The molecule has 5 heteroatoms. The molecule has 2 N–H and O–H groups in total. The summed E-state index contributed by atoms with van der Waals surface area (Å²) in [6.07, 6.45) is 5.02. The summed E-state index contributed by atoms with van der Waals surface area (Å²) in [7, 11) is 0. The number of benzene rings is 1. The quantitative estimate of drug-likeness (QED) is 0.909. The number of piperidine rings is 1. The van der Waals surface area contributed by atoms with E-state index in [1.807, 2.05) is 0 Å². The lowest BCUT2D eigenvalue weighted by Crippen LogP contribution is -2.39. The Morgan fingerprint density at radius 2 is 2.19 bits per heavy atom. The standard InChI is InChI=1S/C16H21FN4/c17-12-3-6-14-15(8-12)20-16(19-14)21(13-4-5-13)10-11-2-1-7-18-9-11/h3,6,8,11,13,18H,1-2,4-5,7,9-10H2,(H,19,20). The second-order valence-electron chi connectivity index (χ2n) is 6.32. The van der Waals surface area contributed by atoms with Crippen LogP contribution in [0.3, 0.4) is 0 Å². The van der Waals surface area contributed by atoms with E-state index < -0.39 is 0 Å². The molecule has 4 nitrogen and oxygen atoms in total. The van der Waals surface area contributed by atoms with E-state index in [1.54, 1.807) is 6.07 Å². The zero-order valence-electron chi connectivity index (χ0n) is 12.1. The first-order valence-corrected chi connectivity index (χ1v) is 7.92. The number of aromatic amines is 1. The van der Waals surface area contributed by atoms with Gasteiger partial charge in [0.1, 0.15) is 5.82 Å². The van der Waals surface area contributed by atoms with Crippen molar-refractivity contribution < 1.29 is 4.39 Å². The van der Waals surface area contributed by atoms with Crippen molar-refractivity contribution >= 4 is 17.0 Å². The molecule has 0 radical (unpaired) electrons. The zero-order valence-corrected chi connectivity index (χ0v) is 12.1. The van der Waals surface area contributed by atoms with E-state index in [2.05, 4.69) is 20.2 Å². The molecule has 1 aromatic heterocycles. The number of rotatable bonds is 4. The molecule has 1 atom stereocenters. The van der Waals surface area contributed by atoms with Crippen molar-refractivity contribution in [3.8, 4) is 0 Å². The summed E-state index contributed by atoms with van der Waals surface area (Å²) in [5, 5.41) is 3.48. The van der Waals surface area contributed by atoms with Gasteiger partial charge in [-0.05, 0) is 62.9 Å². The van der Waals surface area contributed by atoms with Gasteiger partial charge in [-0.15, -0.1) is 0 Å². The highest BCUT2D eigenvalue weighted by Gasteiger charge is 2.32. The molecule has 1 saturated heterocycles. The number of aromatic nitrogens is 2. The van der Waals surface area contributed by atoms with Crippen molar-refractivity contribution in [2.24, 2.45) is 5.92 Å². The van der Waals surface area contributed by atoms with Gasteiger partial charge in [0.2, 0.25) is 5.95 Å². The van der Waals surface area contributed by atoms with E-state index in [0.29, 0.717) is 12.0 Å². The van der Waals surface area contributed by atoms with E-state index in [-0.39, 0.29) is 5.82 Å². The molecular formula is C16H21FN4. The minimum Gasteiger partial charge on any atom is -0.339 e. The molecule has 2 heterocycles. The monoisotopic (exact) mass is 288 g/mol. The van der Waals surface area contributed by atoms with Crippen LogP contribution in [0.15, 0.2) is 18.2 Å². The van der Waals surface area contributed by atoms with Gasteiger partial charge in [0, 0.05) is 12.6 Å². The van der Waals surface area contributed by atoms with Crippen LogP contribution in [-0.4, -0.2) is 35.6 Å². The average molecular weight is 288 g/mol. The zero-order chi connectivity index (χ0) is 14.2. The molecule has 21 heavy (non-hydrogen) atoms. The van der Waals surface area contributed by atoms with Crippen molar-refractivity contribution in [2.45, 2.75) is 31.7 Å². The number of nitrogens with zero attached hydrogens (tertiary/aromatic N) is 2. The summed E-state index contributed by atoms with van der Waals surface area (Å²) in [6.45, 7) is 3.28. The Kier molecular flexibility index (Phi) is 3.30. The van der Waals surface area contributed by atoms with Crippen LogP contribution in [0.25, 0.3) is 11.0 Å². The molecule has 112 valence electrons. The lowest BCUT2D eigenvalue weighted by atomic mass is 9.99. The number of nitrogens with one attached hydrogen (secondary N) is 2. The third-order valence-corrected chi connectivity index (χ3v) is 4.54. The Morgan fingerprint density at radius 1 is 1.29 bits per heavy atom. The van der Waals surface area contributed by atoms with Crippen LogP contribution in [-0.2, 0) is 0 Å². The summed E-state index contributed by atoms with van der Waals surface area (Å²) >= 11 is 0. The lowest BCUT2D eigenvalue weighted by molar-refractivity contribution is 0.375. The van der Waals surface area contributed by atoms with Crippen molar-refractivity contribution in [2.75, 3.05) is 24.5 Å². The molecule has 4 rings (SSSR count). The van der Waals surface area contributed by atoms with Crippen LogP contribution in [0.2, 0.25) is 0 Å². The van der Waals surface area contributed by atoms with E-state index >= 15 is 0 Å². The van der Waals surface area contributed by atoms with Crippen LogP contribution >= 0.6 is 0 Å². The van der Waals surface area contributed by atoms with Crippen LogP contribution in [0.4, 0.5) is 10.3 Å². The fourth-order valence-corrected chi connectivity index (χ4v) is 3.26. The molecular weight excluding hydrogens is 267 g/mol. The molecule has 0 bridgehead atoms. The molecule has 1 unspecified atom stereocenters. The normalized spacial score (nSPS) is 22.6. The average Bonchev–Trinajstić information content (AvgIpc) is 3.25. The maximum Gasteiger partial charge on any atom is 0.204 e.